The van der Waals surface area contributed by atoms with E-state index >= 15 is 0 Å². The first-order chi connectivity index (χ1) is 12.0. The molecular weight excluding hydrogens is 308 g/mol. The smallest absolute Gasteiger partial charge is 0.227 e. The molecule has 1 fully saturated rings. The zero-order valence-electron chi connectivity index (χ0n) is 15.5. The Morgan fingerprint density at radius 3 is 2.20 bits per heavy atom. The molecule has 1 saturated heterocycles. The molecule has 1 aliphatic rings. The molecule has 25 heavy (non-hydrogen) atoms. The summed E-state index contributed by atoms with van der Waals surface area (Å²) in [5.74, 6) is 0.292. The number of amides is 1. The Kier molecular flexibility index (Phi) is 5.54. The molecule has 0 spiro atoms. The van der Waals surface area contributed by atoms with Gasteiger partial charge in [-0.1, -0.05) is 42.5 Å². The van der Waals surface area contributed by atoms with Crippen LogP contribution in [0.5, 0.6) is 0 Å². The molecule has 0 unspecified atom stereocenters. The fourth-order valence-corrected chi connectivity index (χ4v) is 3.62. The Morgan fingerprint density at radius 1 is 0.960 bits per heavy atom. The lowest BCUT2D eigenvalue weighted by Gasteiger charge is -2.31. The van der Waals surface area contributed by atoms with Crippen LogP contribution < -0.4 is 5.32 Å². The second kappa shape index (κ2) is 7.83. The topological polar surface area (TPSA) is 32.3 Å². The fraction of sp³-hybridized carbons (Fsp3) is 0.409. The molecule has 1 aliphatic heterocycles. The molecule has 1 heterocycles. The number of hydrogen-bond donors (Lipinski definition) is 1. The van der Waals surface area contributed by atoms with Crippen LogP contribution in [0.1, 0.15) is 35.1 Å². The van der Waals surface area contributed by atoms with E-state index in [2.05, 4.69) is 41.4 Å². The molecular formula is C22H28N2O. The van der Waals surface area contributed by atoms with Crippen molar-refractivity contribution in [2.24, 2.45) is 5.92 Å². The Bertz CT molecular complexity index is 725. The van der Waals surface area contributed by atoms with Crippen molar-refractivity contribution in [3.63, 3.8) is 0 Å². The van der Waals surface area contributed by atoms with Crippen molar-refractivity contribution in [1.82, 2.24) is 4.90 Å². The Balaban J connectivity index is 1.55. The number of carbonyl (C=O) groups is 1. The van der Waals surface area contributed by atoms with Crippen LogP contribution in [-0.2, 0) is 11.3 Å². The minimum atomic E-state index is 0.118. The summed E-state index contributed by atoms with van der Waals surface area (Å²) in [5, 5.41) is 3.16. The van der Waals surface area contributed by atoms with E-state index in [1.54, 1.807) is 0 Å². The number of aryl methyl sites for hydroxylation is 3. The van der Waals surface area contributed by atoms with Gasteiger partial charge in [-0.2, -0.15) is 0 Å². The lowest BCUT2D eigenvalue weighted by Crippen LogP contribution is -2.38. The largest absolute Gasteiger partial charge is 0.325 e. The van der Waals surface area contributed by atoms with E-state index in [1.165, 1.54) is 11.1 Å². The molecule has 3 heteroatoms. The summed E-state index contributed by atoms with van der Waals surface area (Å²) >= 11 is 0. The lowest BCUT2D eigenvalue weighted by molar-refractivity contribution is -0.121. The monoisotopic (exact) mass is 336 g/mol. The molecule has 0 aliphatic carbocycles. The van der Waals surface area contributed by atoms with Gasteiger partial charge in [0.05, 0.1) is 0 Å². The first kappa shape index (κ1) is 17.7. The molecule has 0 aromatic heterocycles. The van der Waals surface area contributed by atoms with Gasteiger partial charge in [0.25, 0.3) is 0 Å². The summed E-state index contributed by atoms with van der Waals surface area (Å²) in [6.45, 7) is 9.22. The van der Waals surface area contributed by atoms with E-state index in [0.717, 1.165) is 49.3 Å². The number of hydrogen-bond acceptors (Lipinski definition) is 2. The molecule has 0 bridgehead atoms. The average molecular weight is 336 g/mol. The van der Waals surface area contributed by atoms with Gasteiger partial charge in [-0.25, -0.2) is 0 Å². The van der Waals surface area contributed by atoms with Gasteiger partial charge in [-0.15, -0.1) is 0 Å². The molecule has 1 amide bonds. The van der Waals surface area contributed by atoms with Crippen LogP contribution in [0.2, 0.25) is 0 Å². The highest BCUT2D eigenvalue weighted by atomic mass is 16.1. The molecule has 3 nitrogen and oxygen atoms in total. The fourth-order valence-electron chi connectivity index (χ4n) is 3.62. The number of benzene rings is 2. The van der Waals surface area contributed by atoms with Crippen molar-refractivity contribution in [2.45, 2.75) is 40.2 Å². The number of para-hydroxylation sites is 1. The summed E-state index contributed by atoms with van der Waals surface area (Å²) in [6.07, 6.45) is 1.87. The van der Waals surface area contributed by atoms with Crippen molar-refractivity contribution in [3.8, 4) is 0 Å². The summed E-state index contributed by atoms with van der Waals surface area (Å²) in [4.78, 5) is 15.1. The van der Waals surface area contributed by atoms with E-state index in [-0.39, 0.29) is 11.8 Å². The Labute approximate surface area is 151 Å². The molecule has 0 saturated carbocycles. The maximum Gasteiger partial charge on any atom is 0.227 e. The van der Waals surface area contributed by atoms with Crippen molar-refractivity contribution in [1.29, 1.82) is 0 Å². The van der Waals surface area contributed by atoms with Crippen LogP contribution in [0.4, 0.5) is 5.69 Å². The molecule has 132 valence electrons. The van der Waals surface area contributed by atoms with E-state index in [1.807, 2.05) is 32.0 Å². The standard InChI is InChI=1S/C22H28N2O/c1-16-7-4-5-10-20(16)15-24-13-11-19(12-14-24)22(25)23-21-17(2)8-6-9-18(21)3/h4-10,19H,11-15H2,1-3H3,(H,23,25). The quantitative estimate of drug-likeness (QED) is 0.894. The van der Waals surface area contributed by atoms with Gasteiger partial charge in [-0.05, 0) is 69.0 Å². The minimum Gasteiger partial charge on any atom is -0.325 e. The second-order valence-electron chi connectivity index (χ2n) is 7.23. The van der Waals surface area contributed by atoms with Gasteiger partial charge in [0.15, 0.2) is 0 Å². The number of anilines is 1. The maximum atomic E-state index is 12.7. The molecule has 1 N–H and O–H groups in total. The van der Waals surface area contributed by atoms with Gasteiger partial charge < -0.3 is 5.32 Å². The highest BCUT2D eigenvalue weighted by Crippen LogP contribution is 2.24. The first-order valence-corrected chi connectivity index (χ1v) is 9.18. The first-order valence-electron chi connectivity index (χ1n) is 9.18. The second-order valence-corrected chi connectivity index (χ2v) is 7.23. The van der Waals surface area contributed by atoms with Gasteiger partial charge >= 0.3 is 0 Å². The van der Waals surface area contributed by atoms with Crippen LogP contribution in [0.25, 0.3) is 0 Å². The number of carbonyl (C=O) groups excluding carboxylic acids is 1. The molecule has 2 aromatic rings. The lowest BCUT2D eigenvalue weighted by atomic mass is 9.94. The van der Waals surface area contributed by atoms with Crippen molar-refractivity contribution in [3.05, 3.63) is 64.7 Å². The van der Waals surface area contributed by atoms with Crippen LogP contribution >= 0.6 is 0 Å². The van der Waals surface area contributed by atoms with E-state index < -0.39 is 0 Å². The zero-order chi connectivity index (χ0) is 17.8. The predicted molar refractivity (Wildman–Crippen MR) is 104 cm³/mol. The number of rotatable bonds is 4. The summed E-state index contributed by atoms with van der Waals surface area (Å²) < 4.78 is 0. The Morgan fingerprint density at radius 2 is 1.56 bits per heavy atom. The Hall–Kier alpha value is -2.13. The van der Waals surface area contributed by atoms with E-state index in [0.29, 0.717) is 0 Å². The summed E-state index contributed by atoms with van der Waals surface area (Å²) in [6, 6.07) is 14.7. The number of likely N-dealkylation sites (tertiary alicyclic amines) is 1. The highest BCUT2D eigenvalue weighted by Gasteiger charge is 2.25. The van der Waals surface area contributed by atoms with Crippen molar-refractivity contribution < 1.29 is 4.79 Å². The van der Waals surface area contributed by atoms with Crippen LogP contribution in [-0.4, -0.2) is 23.9 Å². The third-order valence-electron chi connectivity index (χ3n) is 5.34. The van der Waals surface area contributed by atoms with E-state index in [9.17, 15) is 4.79 Å². The average Bonchev–Trinajstić information content (AvgIpc) is 2.61. The summed E-state index contributed by atoms with van der Waals surface area (Å²) in [5.41, 5.74) is 5.98. The normalized spacial score (nSPS) is 16.0. The SMILES string of the molecule is Cc1ccccc1CN1CCC(C(=O)Nc2c(C)cccc2C)CC1. The third-order valence-corrected chi connectivity index (χ3v) is 5.34. The third kappa shape index (κ3) is 4.29. The molecule has 2 aromatic carbocycles. The maximum absolute atomic E-state index is 12.7. The van der Waals surface area contributed by atoms with Crippen LogP contribution in [0.15, 0.2) is 42.5 Å². The van der Waals surface area contributed by atoms with Crippen LogP contribution in [0, 0.1) is 26.7 Å². The predicted octanol–water partition coefficient (Wildman–Crippen LogP) is 4.46. The zero-order valence-corrected chi connectivity index (χ0v) is 15.5. The molecule has 0 radical (unpaired) electrons. The molecule has 3 rings (SSSR count). The van der Waals surface area contributed by atoms with Gasteiger partial charge in [0.1, 0.15) is 0 Å². The van der Waals surface area contributed by atoms with Gasteiger partial charge in [-0.3, -0.25) is 9.69 Å². The number of piperidine rings is 1. The van der Waals surface area contributed by atoms with E-state index in [4.69, 9.17) is 0 Å². The number of nitrogens with one attached hydrogen (secondary N) is 1. The van der Waals surface area contributed by atoms with Gasteiger partial charge in [0, 0.05) is 18.2 Å². The minimum absolute atomic E-state index is 0.118. The van der Waals surface area contributed by atoms with Gasteiger partial charge in [0.2, 0.25) is 5.91 Å². The highest BCUT2D eigenvalue weighted by molar-refractivity contribution is 5.94. The summed E-state index contributed by atoms with van der Waals surface area (Å²) in [7, 11) is 0. The van der Waals surface area contributed by atoms with Crippen LogP contribution in [0.3, 0.4) is 0 Å². The van der Waals surface area contributed by atoms with Crippen molar-refractivity contribution >= 4 is 11.6 Å². The van der Waals surface area contributed by atoms with Crippen molar-refractivity contribution in [2.75, 3.05) is 18.4 Å². The molecule has 0 atom stereocenters. The number of nitrogens with zero attached hydrogens (tertiary/aromatic N) is 1.